The van der Waals surface area contributed by atoms with Crippen molar-refractivity contribution in [3.8, 4) is 10.6 Å². The summed E-state index contributed by atoms with van der Waals surface area (Å²) in [6.07, 6.45) is 5.08. The third kappa shape index (κ3) is 2.92. The number of aromatic nitrogens is 5. The Hall–Kier alpha value is -3.07. The topological polar surface area (TPSA) is 85.9 Å². The van der Waals surface area contributed by atoms with Crippen LogP contribution in [0.5, 0.6) is 0 Å². The van der Waals surface area contributed by atoms with Crippen molar-refractivity contribution in [1.29, 1.82) is 0 Å². The Balaban J connectivity index is 1.66. The van der Waals surface area contributed by atoms with E-state index in [4.69, 9.17) is 4.98 Å². The molecule has 0 bridgehead atoms. The lowest BCUT2D eigenvalue weighted by Crippen LogP contribution is -2.39. The maximum absolute atomic E-state index is 13.1. The molecule has 0 radical (unpaired) electrons. The first-order valence-corrected chi connectivity index (χ1v) is 10.8. The van der Waals surface area contributed by atoms with Crippen LogP contribution in [0.2, 0.25) is 0 Å². The van der Waals surface area contributed by atoms with Gasteiger partial charge < -0.3 is 4.90 Å². The van der Waals surface area contributed by atoms with Crippen LogP contribution < -0.4 is 5.69 Å². The van der Waals surface area contributed by atoms with E-state index in [0.717, 1.165) is 50.5 Å². The van der Waals surface area contributed by atoms with Crippen LogP contribution in [-0.2, 0) is 11.8 Å². The summed E-state index contributed by atoms with van der Waals surface area (Å²) in [5.74, 6) is 0.0844. The number of carbonyl (C=O) groups is 1. The molecule has 154 valence electrons. The number of nitrogens with zero attached hydrogens (tertiary/aromatic N) is 6. The number of carbonyl (C=O) groups excluding carboxylic acids is 1. The largest absolute Gasteiger partial charge is 0.343 e. The third-order valence-electron chi connectivity index (χ3n) is 5.91. The van der Waals surface area contributed by atoms with Gasteiger partial charge in [0, 0.05) is 50.6 Å². The SMILES string of the molecule is CC(=O)N1CCC(n2c(=O)n(C)c3cnc4sc(-c5ccc(C)nc5)nc4c32)CC1. The van der Waals surface area contributed by atoms with Gasteiger partial charge in [-0.05, 0) is 31.9 Å². The lowest BCUT2D eigenvalue weighted by atomic mass is 10.0. The minimum absolute atomic E-state index is 0.0357. The van der Waals surface area contributed by atoms with Crippen LogP contribution in [0.3, 0.4) is 0 Å². The quantitative estimate of drug-likeness (QED) is 0.496. The van der Waals surface area contributed by atoms with Gasteiger partial charge in [0.15, 0.2) is 0 Å². The van der Waals surface area contributed by atoms with Crippen molar-refractivity contribution in [3.05, 3.63) is 40.7 Å². The Morgan fingerprint density at radius 2 is 1.93 bits per heavy atom. The molecule has 0 aliphatic carbocycles. The van der Waals surface area contributed by atoms with Crippen molar-refractivity contribution in [2.45, 2.75) is 32.7 Å². The molecule has 1 aliphatic rings. The van der Waals surface area contributed by atoms with Crippen molar-refractivity contribution < 1.29 is 4.79 Å². The van der Waals surface area contributed by atoms with E-state index < -0.39 is 0 Å². The Morgan fingerprint density at radius 3 is 2.60 bits per heavy atom. The zero-order valence-corrected chi connectivity index (χ0v) is 17.9. The summed E-state index contributed by atoms with van der Waals surface area (Å²) < 4.78 is 3.51. The van der Waals surface area contributed by atoms with Crippen molar-refractivity contribution in [1.82, 2.24) is 29.0 Å². The first-order valence-electron chi connectivity index (χ1n) is 9.99. The van der Waals surface area contributed by atoms with Crippen molar-refractivity contribution in [2.75, 3.05) is 13.1 Å². The highest BCUT2D eigenvalue weighted by atomic mass is 32.1. The van der Waals surface area contributed by atoms with E-state index in [2.05, 4.69) is 9.97 Å². The highest BCUT2D eigenvalue weighted by Gasteiger charge is 2.27. The molecule has 0 aromatic carbocycles. The lowest BCUT2D eigenvalue weighted by molar-refractivity contribution is -0.130. The fraction of sp³-hybridized carbons (Fsp3) is 0.381. The summed E-state index contributed by atoms with van der Waals surface area (Å²) in [6.45, 7) is 4.87. The Morgan fingerprint density at radius 1 is 1.17 bits per heavy atom. The third-order valence-corrected chi connectivity index (χ3v) is 6.92. The first-order chi connectivity index (χ1) is 14.4. The average molecular weight is 423 g/mol. The predicted molar refractivity (Wildman–Crippen MR) is 117 cm³/mol. The molecule has 0 unspecified atom stereocenters. The highest BCUT2D eigenvalue weighted by molar-refractivity contribution is 7.21. The second-order valence-corrected chi connectivity index (χ2v) is 8.78. The van der Waals surface area contributed by atoms with Crippen molar-refractivity contribution in [3.63, 3.8) is 0 Å². The second-order valence-electron chi connectivity index (χ2n) is 7.80. The normalized spacial score (nSPS) is 15.4. The van der Waals surface area contributed by atoms with Gasteiger partial charge in [-0.25, -0.2) is 14.8 Å². The summed E-state index contributed by atoms with van der Waals surface area (Å²) in [6, 6.07) is 4.01. The molecule has 30 heavy (non-hydrogen) atoms. The Kier molecular flexibility index (Phi) is 4.43. The molecule has 0 saturated carbocycles. The molecule has 9 heteroatoms. The molecule has 0 atom stereocenters. The summed E-state index contributed by atoms with van der Waals surface area (Å²) in [4.78, 5) is 41.3. The molecule has 5 rings (SSSR count). The summed E-state index contributed by atoms with van der Waals surface area (Å²) >= 11 is 1.51. The molecule has 1 fully saturated rings. The average Bonchev–Trinajstić information content (AvgIpc) is 3.28. The van der Waals surface area contributed by atoms with E-state index in [9.17, 15) is 9.59 Å². The van der Waals surface area contributed by atoms with Gasteiger partial charge in [0.2, 0.25) is 5.91 Å². The maximum atomic E-state index is 13.1. The molecule has 8 nitrogen and oxygen atoms in total. The van der Waals surface area contributed by atoms with Crippen LogP contribution in [0.15, 0.2) is 29.3 Å². The standard InChI is InChI=1S/C21H22N6O2S/c1-12-4-5-14(10-22-12)19-24-17-18-16(11-23-20(17)30-19)25(3)21(29)27(18)15-6-8-26(9-7-15)13(2)28/h4-5,10-11,15H,6-9H2,1-3H3. The molecule has 4 aromatic heterocycles. The van der Waals surface area contributed by atoms with E-state index in [1.165, 1.54) is 11.3 Å². The Labute approximate surface area is 176 Å². The minimum Gasteiger partial charge on any atom is -0.343 e. The predicted octanol–water partition coefficient (Wildman–Crippen LogP) is 2.90. The van der Waals surface area contributed by atoms with Crippen molar-refractivity contribution in [2.24, 2.45) is 7.05 Å². The molecular weight excluding hydrogens is 400 g/mol. The summed E-state index contributed by atoms with van der Waals surface area (Å²) in [7, 11) is 1.77. The molecule has 0 spiro atoms. The van der Waals surface area contributed by atoms with E-state index in [1.54, 1.807) is 24.7 Å². The van der Waals surface area contributed by atoms with Gasteiger partial charge in [0.25, 0.3) is 0 Å². The summed E-state index contributed by atoms with van der Waals surface area (Å²) in [5, 5.41) is 0.840. The van der Waals surface area contributed by atoms with Crippen LogP contribution in [0, 0.1) is 6.92 Å². The van der Waals surface area contributed by atoms with Gasteiger partial charge in [0.1, 0.15) is 20.9 Å². The van der Waals surface area contributed by atoms with E-state index >= 15 is 0 Å². The number of amides is 1. The first kappa shape index (κ1) is 18.9. The Bertz CT molecular complexity index is 1330. The van der Waals surface area contributed by atoms with E-state index in [-0.39, 0.29) is 17.6 Å². The van der Waals surface area contributed by atoms with Crippen LogP contribution >= 0.6 is 11.3 Å². The van der Waals surface area contributed by atoms with Crippen LogP contribution in [-0.4, -0.2) is 48.0 Å². The fourth-order valence-corrected chi connectivity index (χ4v) is 5.10. The zero-order chi connectivity index (χ0) is 21.0. The number of pyridine rings is 2. The van der Waals surface area contributed by atoms with E-state index in [0.29, 0.717) is 13.1 Å². The number of rotatable bonds is 2. The van der Waals surface area contributed by atoms with Gasteiger partial charge in [-0.15, -0.1) is 0 Å². The number of likely N-dealkylation sites (tertiary alicyclic amines) is 1. The molecule has 4 aromatic rings. The van der Waals surface area contributed by atoms with Crippen molar-refractivity contribution >= 4 is 38.6 Å². The van der Waals surface area contributed by atoms with Gasteiger partial charge in [-0.2, -0.15) is 0 Å². The van der Waals surface area contributed by atoms with Gasteiger partial charge in [-0.1, -0.05) is 11.3 Å². The van der Waals surface area contributed by atoms with Crippen LogP contribution in [0.25, 0.3) is 32.0 Å². The monoisotopic (exact) mass is 422 g/mol. The maximum Gasteiger partial charge on any atom is 0.329 e. The molecule has 5 heterocycles. The van der Waals surface area contributed by atoms with Crippen LogP contribution in [0.4, 0.5) is 0 Å². The lowest BCUT2D eigenvalue weighted by Gasteiger charge is -2.31. The molecular formula is C21H22N6O2S. The number of thiazole rings is 1. The second kappa shape index (κ2) is 7.02. The number of imidazole rings is 1. The number of piperidine rings is 1. The van der Waals surface area contributed by atoms with Gasteiger partial charge in [-0.3, -0.25) is 18.9 Å². The molecule has 1 saturated heterocycles. The molecule has 0 N–H and O–H groups in total. The highest BCUT2D eigenvalue weighted by Crippen LogP contribution is 2.34. The van der Waals surface area contributed by atoms with Gasteiger partial charge in [0.05, 0.1) is 11.7 Å². The van der Waals surface area contributed by atoms with Gasteiger partial charge >= 0.3 is 5.69 Å². The molecule has 1 amide bonds. The van der Waals surface area contributed by atoms with Crippen LogP contribution in [0.1, 0.15) is 31.5 Å². The number of hydrogen-bond acceptors (Lipinski definition) is 6. The fourth-order valence-electron chi connectivity index (χ4n) is 4.19. The number of hydrogen-bond donors (Lipinski definition) is 0. The summed E-state index contributed by atoms with van der Waals surface area (Å²) in [5.41, 5.74) is 4.19. The molecule has 1 aliphatic heterocycles. The van der Waals surface area contributed by atoms with E-state index in [1.807, 2.05) is 34.7 Å². The smallest absolute Gasteiger partial charge is 0.329 e. The number of fused-ring (bicyclic) bond motifs is 3. The zero-order valence-electron chi connectivity index (χ0n) is 17.1. The number of aryl methyl sites for hydroxylation is 2. The minimum atomic E-state index is -0.0628.